The van der Waals surface area contributed by atoms with Crippen LogP contribution in [0.25, 0.3) is 10.9 Å². The number of carbonyl (C=O) groups is 1. The lowest BCUT2D eigenvalue weighted by molar-refractivity contribution is 0.102. The number of aryl methyl sites for hydroxylation is 1. The van der Waals surface area contributed by atoms with Crippen LogP contribution in [0.4, 0.5) is 5.82 Å². The largest absolute Gasteiger partial charge is 0.305 e. The van der Waals surface area contributed by atoms with Crippen molar-refractivity contribution in [1.82, 2.24) is 10.2 Å². The van der Waals surface area contributed by atoms with Gasteiger partial charge >= 0.3 is 0 Å². The zero-order chi connectivity index (χ0) is 14.1. The molecule has 0 aliphatic heterocycles. The van der Waals surface area contributed by atoms with Gasteiger partial charge in [0, 0.05) is 16.0 Å². The summed E-state index contributed by atoms with van der Waals surface area (Å²) in [6.07, 6.45) is 0. The molecule has 0 bridgehead atoms. The van der Waals surface area contributed by atoms with Crippen LogP contribution in [0.5, 0.6) is 0 Å². The van der Waals surface area contributed by atoms with Gasteiger partial charge in [0.15, 0.2) is 5.82 Å². The molecule has 20 heavy (non-hydrogen) atoms. The Morgan fingerprint density at radius 3 is 2.90 bits per heavy atom. The summed E-state index contributed by atoms with van der Waals surface area (Å²) in [5.41, 5.74) is 2.29. The Balaban J connectivity index is 1.94. The van der Waals surface area contributed by atoms with Gasteiger partial charge in [0.2, 0.25) is 0 Å². The highest BCUT2D eigenvalue weighted by atomic mass is 35.5. The van der Waals surface area contributed by atoms with Crippen molar-refractivity contribution in [3.8, 4) is 0 Å². The summed E-state index contributed by atoms with van der Waals surface area (Å²) in [7, 11) is 0. The van der Waals surface area contributed by atoms with Crippen LogP contribution in [0.1, 0.15) is 15.9 Å². The maximum Gasteiger partial charge on any atom is 0.257 e. The van der Waals surface area contributed by atoms with Crippen molar-refractivity contribution in [2.75, 3.05) is 5.32 Å². The minimum Gasteiger partial charge on any atom is -0.305 e. The molecular formula is C15H12ClN3O. The Bertz CT molecular complexity index is 795. The van der Waals surface area contributed by atoms with E-state index in [9.17, 15) is 4.79 Å². The van der Waals surface area contributed by atoms with E-state index in [1.165, 1.54) is 0 Å². The summed E-state index contributed by atoms with van der Waals surface area (Å²) in [6, 6.07) is 12.9. The zero-order valence-corrected chi connectivity index (χ0v) is 11.5. The van der Waals surface area contributed by atoms with Crippen molar-refractivity contribution in [2.24, 2.45) is 0 Å². The lowest BCUT2D eigenvalue weighted by atomic mass is 10.1. The van der Waals surface area contributed by atoms with E-state index < -0.39 is 0 Å². The van der Waals surface area contributed by atoms with Crippen LogP contribution in [-0.4, -0.2) is 16.1 Å². The summed E-state index contributed by atoms with van der Waals surface area (Å²) >= 11 is 5.94. The summed E-state index contributed by atoms with van der Waals surface area (Å²) in [6.45, 7) is 1.87. The molecule has 0 atom stereocenters. The number of halogens is 1. The van der Waals surface area contributed by atoms with Crippen LogP contribution in [0.15, 0.2) is 42.5 Å². The number of nitrogens with zero attached hydrogens (tertiary/aromatic N) is 1. The Morgan fingerprint density at radius 1 is 1.25 bits per heavy atom. The molecule has 0 saturated carbocycles. The SMILES string of the molecule is Cc1ccc(Cl)cc1C(=O)Nc1n[nH]c2ccccc12. The van der Waals surface area contributed by atoms with Crippen LogP contribution in [0, 0.1) is 6.92 Å². The highest BCUT2D eigenvalue weighted by molar-refractivity contribution is 6.31. The molecule has 3 aromatic rings. The molecule has 1 aromatic heterocycles. The highest BCUT2D eigenvalue weighted by Crippen LogP contribution is 2.21. The molecule has 0 aliphatic carbocycles. The minimum absolute atomic E-state index is 0.220. The number of hydrogen-bond donors (Lipinski definition) is 2. The smallest absolute Gasteiger partial charge is 0.257 e. The van der Waals surface area contributed by atoms with E-state index in [-0.39, 0.29) is 5.91 Å². The summed E-state index contributed by atoms with van der Waals surface area (Å²) < 4.78 is 0. The molecule has 2 aromatic carbocycles. The van der Waals surface area contributed by atoms with Gasteiger partial charge in [-0.25, -0.2) is 0 Å². The van der Waals surface area contributed by atoms with Crippen LogP contribution < -0.4 is 5.32 Å². The average molecular weight is 286 g/mol. The second-order valence-corrected chi connectivity index (χ2v) is 4.97. The van der Waals surface area contributed by atoms with E-state index in [0.29, 0.717) is 16.4 Å². The number of benzene rings is 2. The number of aromatic amines is 1. The van der Waals surface area contributed by atoms with Crippen LogP contribution in [0.3, 0.4) is 0 Å². The van der Waals surface area contributed by atoms with Crippen molar-refractivity contribution in [3.63, 3.8) is 0 Å². The molecule has 2 N–H and O–H groups in total. The van der Waals surface area contributed by atoms with E-state index in [1.54, 1.807) is 12.1 Å². The van der Waals surface area contributed by atoms with Crippen LogP contribution >= 0.6 is 11.6 Å². The number of carbonyl (C=O) groups excluding carboxylic acids is 1. The van der Waals surface area contributed by atoms with Gasteiger partial charge in [0.1, 0.15) is 0 Å². The van der Waals surface area contributed by atoms with E-state index in [1.807, 2.05) is 37.3 Å². The van der Waals surface area contributed by atoms with Crippen LogP contribution in [-0.2, 0) is 0 Å². The van der Waals surface area contributed by atoms with Crippen molar-refractivity contribution in [1.29, 1.82) is 0 Å². The molecule has 100 valence electrons. The second-order valence-electron chi connectivity index (χ2n) is 4.53. The van der Waals surface area contributed by atoms with E-state index in [2.05, 4.69) is 15.5 Å². The monoisotopic (exact) mass is 285 g/mol. The van der Waals surface area contributed by atoms with Gasteiger partial charge in [-0.15, -0.1) is 0 Å². The van der Waals surface area contributed by atoms with Crippen LogP contribution in [0.2, 0.25) is 5.02 Å². The molecule has 0 radical (unpaired) electrons. The van der Waals surface area contributed by atoms with Gasteiger partial charge in [0.25, 0.3) is 5.91 Å². The Morgan fingerprint density at radius 2 is 2.05 bits per heavy atom. The molecule has 0 unspecified atom stereocenters. The summed E-state index contributed by atoms with van der Waals surface area (Å²) in [5, 5.41) is 11.2. The van der Waals surface area contributed by atoms with Crippen molar-refractivity contribution in [3.05, 3.63) is 58.6 Å². The Labute approximate surface area is 120 Å². The molecule has 0 aliphatic rings. The third-order valence-corrected chi connectivity index (χ3v) is 3.38. The van der Waals surface area contributed by atoms with Gasteiger partial charge in [-0.3, -0.25) is 9.89 Å². The predicted molar refractivity (Wildman–Crippen MR) is 80.2 cm³/mol. The third kappa shape index (κ3) is 2.26. The number of hydrogen-bond acceptors (Lipinski definition) is 2. The van der Waals surface area contributed by atoms with Gasteiger partial charge in [-0.2, -0.15) is 5.10 Å². The normalized spacial score (nSPS) is 10.7. The zero-order valence-electron chi connectivity index (χ0n) is 10.8. The fraction of sp³-hybridized carbons (Fsp3) is 0.0667. The molecule has 4 nitrogen and oxygen atoms in total. The first kappa shape index (κ1) is 12.7. The number of para-hydroxylation sites is 1. The molecule has 3 rings (SSSR count). The van der Waals surface area contributed by atoms with E-state index in [4.69, 9.17) is 11.6 Å². The average Bonchev–Trinajstić information content (AvgIpc) is 2.85. The molecule has 1 heterocycles. The molecular weight excluding hydrogens is 274 g/mol. The molecule has 1 amide bonds. The molecule has 0 saturated heterocycles. The predicted octanol–water partition coefficient (Wildman–Crippen LogP) is 3.78. The quantitative estimate of drug-likeness (QED) is 0.753. The number of H-pyrrole nitrogens is 1. The maximum atomic E-state index is 12.3. The first-order valence-corrected chi connectivity index (χ1v) is 6.53. The fourth-order valence-electron chi connectivity index (χ4n) is 2.07. The Kier molecular flexibility index (Phi) is 3.16. The lowest BCUT2D eigenvalue weighted by Gasteiger charge is -2.06. The molecule has 0 spiro atoms. The highest BCUT2D eigenvalue weighted by Gasteiger charge is 2.13. The molecule has 5 heteroatoms. The van der Waals surface area contributed by atoms with Gasteiger partial charge in [0.05, 0.1) is 5.52 Å². The van der Waals surface area contributed by atoms with Gasteiger partial charge in [-0.1, -0.05) is 29.8 Å². The minimum atomic E-state index is -0.220. The summed E-state index contributed by atoms with van der Waals surface area (Å²) in [5.74, 6) is 0.298. The van der Waals surface area contributed by atoms with Gasteiger partial charge in [-0.05, 0) is 36.8 Å². The topological polar surface area (TPSA) is 57.8 Å². The number of anilines is 1. The van der Waals surface area contributed by atoms with Crippen molar-refractivity contribution in [2.45, 2.75) is 6.92 Å². The number of amides is 1. The fourth-order valence-corrected chi connectivity index (χ4v) is 2.24. The summed E-state index contributed by atoms with van der Waals surface area (Å²) in [4.78, 5) is 12.3. The second kappa shape index (κ2) is 4.98. The van der Waals surface area contributed by atoms with Crippen molar-refractivity contribution < 1.29 is 4.79 Å². The van der Waals surface area contributed by atoms with Gasteiger partial charge < -0.3 is 5.32 Å². The number of rotatable bonds is 2. The lowest BCUT2D eigenvalue weighted by Crippen LogP contribution is -2.13. The first-order valence-electron chi connectivity index (χ1n) is 6.16. The maximum absolute atomic E-state index is 12.3. The number of fused-ring (bicyclic) bond motifs is 1. The molecule has 0 fully saturated rings. The van der Waals surface area contributed by atoms with Crippen molar-refractivity contribution >= 4 is 34.2 Å². The first-order chi connectivity index (χ1) is 9.65. The van der Waals surface area contributed by atoms with E-state index >= 15 is 0 Å². The Hall–Kier alpha value is -2.33. The number of aromatic nitrogens is 2. The standard InChI is InChI=1S/C15H12ClN3O/c1-9-6-7-10(16)8-12(9)15(20)17-14-11-4-2-3-5-13(11)18-19-14/h2-8H,1H3,(H2,17,18,19,20). The third-order valence-electron chi connectivity index (χ3n) is 3.15. The van der Waals surface area contributed by atoms with E-state index in [0.717, 1.165) is 16.5 Å². The number of nitrogens with one attached hydrogen (secondary N) is 2.